The van der Waals surface area contributed by atoms with Gasteiger partial charge in [0.1, 0.15) is 6.04 Å². The molecule has 0 bridgehead atoms. The molecular weight excluding hydrogens is 298 g/mol. The van der Waals surface area contributed by atoms with E-state index in [0.717, 1.165) is 18.4 Å². The van der Waals surface area contributed by atoms with E-state index in [4.69, 9.17) is 4.52 Å². The summed E-state index contributed by atoms with van der Waals surface area (Å²) in [4.78, 5) is 29.5. The zero-order valence-electron chi connectivity index (χ0n) is 12.7. The van der Waals surface area contributed by atoms with E-state index in [1.54, 1.807) is 31.2 Å². The predicted molar refractivity (Wildman–Crippen MR) is 80.8 cm³/mol. The Bertz CT molecular complexity index is 723. The Hall–Kier alpha value is -2.70. The highest BCUT2D eigenvalue weighted by atomic mass is 16.5. The average Bonchev–Trinajstić information content (AvgIpc) is 3.01. The molecule has 2 heterocycles. The van der Waals surface area contributed by atoms with Crippen LogP contribution in [-0.2, 0) is 4.79 Å². The van der Waals surface area contributed by atoms with Crippen LogP contribution in [0.4, 0.5) is 0 Å². The largest absolute Gasteiger partial charge is 0.480 e. The van der Waals surface area contributed by atoms with Gasteiger partial charge in [0, 0.05) is 17.7 Å². The van der Waals surface area contributed by atoms with Crippen molar-refractivity contribution in [3.05, 3.63) is 35.7 Å². The van der Waals surface area contributed by atoms with Gasteiger partial charge in [0.2, 0.25) is 0 Å². The third kappa shape index (κ3) is 3.08. The van der Waals surface area contributed by atoms with Crippen molar-refractivity contribution in [2.45, 2.75) is 32.2 Å². The van der Waals surface area contributed by atoms with Gasteiger partial charge >= 0.3 is 5.97 Å². The number of aryl methyl sites for hydroxylation is 1. The molecule has 1 aliphatic rings. The standard InChI is InChI=1S/C16H17N3O4/c1-10-17-14(23-18-10)11-5-7-12(8-6-11)15(20)19-9-3-2-4-13(19)16(21)22/h5-8,13H,2-4,9H2,1H3,(H,21,22)/t13-/m0/s1. The van der Waals surface area contributed by atoms with E-state index in [1.807, 2.05) is 0 Å². The summed E-state index contributed by atoms with van der Waals surface area (Å²) in [6, 6.07) is 6.02. The fraction of sp³-hybridized carbons (Fsp3) is 0.375. The second-order valence-corrected chi connectivity index (χ2v) is 5.57. The molecule has 1 N–H and O–H groups in total. The molecule has 1 aromatic carbocycles. The molecule has 23 heavy (non-hydrogen) atoms. The molecule has 0 saturated carbocycles. The maximum Gasteiger partial charge on any atom is 0.326 e. The Kier molecular flexibility index (Phi) is 4.10. The highest BCUT2D eigenvalue weighted by molar-refractivity contribution is 5.97. The Morgan fingerprint density at radius 1 is 1.26 bits per heavy atom. The molecule has 7 heteroatoms. The minimum absolute atomic E-state index is 0.259. The van der Waals surface area contributed by atoms with E-state index in [1.165, 1.54) is 4.90 Å². The molecule has 120 valence electrons. The van der Waals surface area contributed by atoms with Crippen LogP contribution in [0.15, 0.2) is 28.8 Å². The van der Waals surface area contributed by atoms with Crippen molar-refractivity contribution in [3.8, 4) is 11.5 Å². The molecule has 0 spiro atoms. The Labute approximate surface area is 132 Å². The number of aliphatic carboxylic acids is 1. The Morgan fingerprint density at radius 2 is 2.00 bits per heavy atom. The zero-order valence-corrected chi connectivity index (χ0v) is 12.7. The summed E-state index contributed by atoms with van der Waals surface area (Å²) in [5.74, 6) is -0.276. The van der Waals surface area contributed by atoms with Crippen molar-refractivity contribution < 1.29 is 19.2 Å². The molecule has 3 rings (SSSR count). The molecule has 2 aromatic rings. The van der Waals surface area contributed by atoms with Crippen LogP contribution in [0.2, 0.25) is 0 Å². The van der Waals surface area contributed by atoms with Crippen molar-refractivity contribution in [2.75, 3.05) is 6.54 Å². The molecule has 1 saturated heterocycles. The van der Waals surface area contributed by atoms with Crippen molar-refractivity contribution in [2.24, 2.45) is 0 Å². The van der Waals surface area contributed by atoms with Crippen molar-refractivity contribution in [1.82, 2.24) is 15.0 Å². The quantitative estimate of drug-likeness (QED) is 0.932. The number of aromatic nitrogens is 2. The lowest BCUT2D eigenvalue weighted by atomic mass is 10.0. The number of rotatable bonds is 3. The van der Waals surface area contributed by atoms with Crippen molar-refractivity contribution >= 4 is 11.9 Å². The van der Waals surface area contributed by atoms with Gasteiger partial charge < -0.3 is 14.5 Å². The predicted octanol–water partition coefficient (Wildman–Crippen LogP) is 2.12. The maximum atomic E-state index is 12.6. The minimum atomic E-state index is -0.948. The maximum absolute atomic E-state index is 12.6. The summed E-state index contributed by atoms with van der Waals surface area (Å²) in [6.07, 6.45) is 2.16. The molecule has 7 nitrogen and oxygen atoms in total. The fourth-order valence-electron chi connectivity index (χ4n) is 2.77. The number of benzene rings is 1. The van der Waals surface area contributed by atoms with Gasteiger partial charge in [-0.25, -0.2) is 4.79 Å². The number of carbonyl (C=O) groups is 2. The molecule has 1 aromatic heterocycles. The van der Waals surface area contributed by atoms with Crippen molar-refractivity contribution in [3.63, 3.8) is 0 Å². The summed E-state index contributed by atoms with van der Waals surface area (Å²) in [5.41, 5.74) is 1.17. The van der Waals surface area contributed by atoms with Gasteiger partial charge in [0.15, 0.2) is 5.82 Å². The van der Waals surface area contributed by atoms with Gasteiger partial charge in [-0.1, -0.05) is 5.16 Å². The van der Waals surface area contributed by atoms with Crippen molar-refractivity contribution in [1.29, 1.82) is 0 Å². The SMILES string of the molecule is Cc1noc(-c2ccc(C(=O)N3CCCC[C@H]3C(=O)O)cc2)n1. The van der Waals surface area contributed by atoms with Gasteiger partial charge in [-0.2, -0.15) is 4.98 Å². The number of piperidine rings is 1. The Morgan fingerprint density at radius 3 is 2.61 bits per heavy atom. The number of carbonyl (C=O) groups excluding carboxylic acids is 1. The van der Waals surface area contributed by atoms with E-state index in [2.05, 4.69) is 10.1 Å². The first-order valence-electron chi connectivity index (χ1n) is 7.51. The van der Waals surface area contributed by atoms with Gasteiger partial charge in [-0.05, 0) is 50.5 Å². The number of amides is 1. The number of nitrogens with zero attached hydrogens (tertiary/aromatic N) is 3. The molecule has 1 fully saturated rings. The van der Waals surface area contributed by atoms with Crippen LogP contribution in [0, 0.1) is 6.92 Å². The van der Waals surface area contributed by atoms with Gasteiger partial charge in [-0.3, -0.25) is 4.79 Å². The first-order chi connectivity index (χ1) is 11.1. The van der Waals surface area contributed by atoms with E-state index in [-0.39, 0.29) is 5.91 Å². The molecule has 0 unspecified atom stereocenters. The summed E-state index contributed by atoms with van der Waals surface area (Å²) >= 11 is 0. The monoisotopic (exact) mass is 315 g/mol. The smallest absolute Gasteiger partial charge is 0.326 e. The highest BCUT2D eigenvalue weighted by Crippen LogP contribution is 2.22. The molecule has 1 aliphatic heterocycles. The topological polar surface area (TPSA) is 96.5 Å². The normalized spacial score (nSPS) is 18.0. The molecule has 1 amide bonds. The van der Waals surface area contributed by atoms with Gasteiger partial charge in [-0.15, -0.1) is 0 Å². The van der Waals surface area contributed by atoms with Crippen LogP contribution in [0.1, 0.15) is 35.4 Å². The first-order valence-corrected chi connectivity index (χ1v) is 7.51. The van der Waals surface area contributed by atoms with Crippen LogP contribution in [-0.4, -0.2) is 44.6 Å². The van der Waals surface area contributed by atoms with Crippen LogP contribution < -0.4 is 0 Å². The first kappa shape index (κ1) is 15.2. The van der Waals surface area contributed by atoms with Gasteiger partial charge in [0.05, 0.1) is 0 Å². The van der Waals surface area contributed by atoms with E-state index >= 15 is 0 Å². The number of hydrogen-bond acceptors (Lipinski definition) is 5. The second kappa shape index (κ2) is 6.20. The van der Waals surface area contributed by atoms with E-state index in [9.17, 15) is 14.7 Å². The molecule has 1 atom stereocenters. The number of hydrogen-bond donors (Lipinski definition) is 1. The summed E-state index contributed by atoms with van der Waals surface area (Å²) in [7, 11) is 0. The van der Waals surface area contributed by atoms with Crippen LogP contribution >= 0.6 is 0 Å². The fourth-order valence-corrected chi connectivity index (χ4v) is 2.77. The minimum Gasteiger partial charge on any atom is -0.480 e. The molecule has 0 radical (unpaired) electrons. The molecule has 0 aliphatic carbocycles. The third-order valence-corrected chi connectivity index (χ3v) is 3.96. The van der Waals surface area contributed by atoms with E-state index in [0.29, 0.717) is 30.2 Å². The second-order valence-electron chi connectivity index (χ2n) is 5.57. The average molecular weight is 315 g/mol. The highest BCUT2D eigenvalue weighted by Gasteiger charge is 2.32. The number of likely N-dealkylation sites (tertiary alicyclic amines) is 1. The third-order valence-electron chi connectivity index (χ3n) is 3.96. The molecular formula is C16H17N3O4. The van der Waals surface area contributed by atoms with Crippen LogP contribution in [0.3, 0.4) is 0 Å². The van der Waals surface area contributed by atoms with Gasteiger partial charge in [0.25, 0.3) is 11.8 Å². The summed E-state index contributed by atoms with van der Waals surface area (Å²) < 4.78 is 5.08. The summed E-state index contributed by atoms with van der Waals surface area (Å²) in [5, 5.41) is 13.0. The van der Waals surface area contributed by atoms with Crippen LogP contribution in [0.25, 0.3) is 11.5 Å². The Balaban J connectivity index is 1.80. The zero-order chi connectivity index (χ0) is 16.4. The van der Waals surface area contributed by atoms with E-state index < -0.39 is 12.0 Å². The lowest BCUT2D eigenvalue weighted by Gasteiger charge is -2.33. The lowest BCUT2D eigenvalue weighted by molar-refractivity contribution is -0.143. The van der Waals surface area contributed by atoms with Crippen LogP contribution in [0.5, 0.6) is 0 Å². The number of carboxylic acid groups (broad SMARTS) is 1. The lowest BCUT2D eigenvalue weighted by Crippen LogP contribution is -2.47. The summed E-state index contributed by atoms with van der Waals surface area (Å²) in [6.45, 7) is 2.20. The number of carboxylic acids is 1.